The highest BCUT2D eigenvalue weighted by atomic mass is 32.2. The topological polar surface area (TPSA) is 42.0 Å². The van der Waals surface area contributed by atoms with E-state index < -0.39 is 0 Å². The van der Waals surface area contributed by atoms with Crippen LogP contribution in [0, 0.1) is 5.92 Å². The third-order valence-electron chi connectivity index (χ3n) is 2.97. The maximum atomic E-state index is 12.2. The predicted molar refractivity (Wildman–Crippen MR) is 72.1 cm³/mol. The van der Waals surface area contributed by atoms with Crippen LogP contribution in [-0.4, -0.2) is 16.6 Å². The maximum Gasteiger partial charge on any atom is 0.234 e. The normalized spacial score (nSPS) is 22.7. The Labute approximate surface area is 108 Å². The van der Waals surface area contributed by atoms with Crippen LogP contribution >= 0.6 is 23.1 Å². The molecule has 0 saturated heterocycles. The minimum Gasteiger partial charge on any atom is -0.301 e. The zero-order valence-electron chi connectivity index (χ0n) is 9.18. The van der Waals surface area contributed by atoms with Gasteiger partial charge in [-0.25, -0.2) is 4.98 Å². The lowest BCUT2D eigenvalue weighted by atomic mass is 9.93. The number of thioether (sulfide) groups is 1. The molecule has 0 bridgehead atoms. The molecule has 17 heavy (non-hydrogen) atoms. The quantitative estimate of drug-likeness (QED) is 0.892. The van der Waals surface area contributed by atoms with Gasteiger partial charge in [0.2, 0.25) is 5.91 Å². The Morgan fingerprint density at radius 1 is 1.53 bits per heavy atom. The fourth-order valence-corrected chi connectivity index (χ4v) is 3.98. The van der Waals surface area contributed by atoms with Gasteiger partial charge in [-0.1, -0.05) is 12.2 Å². The van der Waals surface area contributed by atoms with Gasteiger partial charge in [0.05, 0.1) is 5.92 Å². The van der Waals surface area contributed by atoms with Crippen LogP contribution in [-0.2, 0) is 4.79 Å². The summed E-state index contributed by atoms with van der Waals surface area (Å²) in [6.07, 6.45) is 8.13. The van der Waals surface area contributed by atoms with Crippen molar-refractivity contribution in [2.45, 2.75) is 12.8 Å². The zero-order chi connectivity index (χ0) is 11.7. The lowest BCUT2D eigenvalue weighted by Gasteiger charge is -2.14. The first-order valence-electron chi connectivity index (χ1n) is 5.57. The minimum absolute atomic E-state index is 0.0313. The van der Waals surface area contributed by atoms with E-state index in [-0.39, 0.29) is 11.8 Å². The molecule has 3 nitrogen and oxygen atoms in total. The summed E-state index contributed by atoms with van der Waals surface area (Å²) in [5.74, 6) is 0.989. The number of rotatable bonds is 2. The molecule has 1 aromatic heterocycles. The predicted octanol–water partition coefficient (Wildman–Crippen LogP) is 3.05. The van der Waals surface area contributed by atoms with E-state index in [0.29, 0.717) is 5.13 Å². The number of hydrogen-bond acceptors (Lipinski definition) is 4. The van der Waals surface area contributed by atoms with Crippen LogP contribution < -0.4 is 5.32 Å². The number of carbonyl (C=O) groups excluding carboxylic acids is 1. The van der Waals surface area contributed by atoms with Crippen LogP contribution in [0.1, 0.15) is 12.8 Å². The summed E-state index contributed by atoms with van der Waals surface area (Å²) in [4.78, 5) is 17.5. The highest BCUT2D eigenvalue weighted by Gasteiger charge is 2.31. The molecule has 0 radical (unpaired) electrons. The van der Waals surface area contributed by atoms with Crippen LogP contribution in [0.15, 0.2) is 34.2 Å². The second-order valence-corrected chi connectivity index (χ2v) is 5.98. The number of nitrogens with zero attached hydrogens (tertiary/aromatic N) is 1. The molecule has 3 rings (SSSR count). The summed E-state index contributed by atoms with van der Waals surface area (Å²) in [7, 11) is 0. The van der Waals surface area contributed by atoms with E-state index in [1.165, 1.54) is 21.8 Å². The molecular formula is C12H12N2OS2. The molecule has 1 amide bonds. The summed E-state index contributed by atoms with van der Waals surface area (Å²) in [5.41, 5.74) is 1.31. The monoisotopic (exact) mass is 264 g/mol. The van der Waals surface area contributed by atoms with Gasteiger partial charge in [0.25, 0.3) is 0 Å². The van der Waals surface area contributed by atoms with Gasteiger partial charge in [-0.3, -0.25) is 4.79 Å². The summed E-state index contributed by atoms with van der Waals surface area (Å²) >= 11 is 3.25. The van der Waals surface area contributed by atoms with Crippen molar-refractivity contribution in [1.82, 2.24) is 4.98 Å². The maximum absolute atomic E-state index is 12.2. The summed E-state index contributed by atoms with van der Waals surface area (Å²) in [6.45, 7) is 0. The van der Waals surface area contributed by atoms with Crippen molar-refractivity contribution in [3.05, 3.63) is 34.2 Å². The molecule has 88 valence electrons. The van der Waals surface area contributed by atoms with Crippen LogP contribution in [0.25, 0.3) is 0 Å². The first-order chi connectivity index (χ1) is 8.34. The Hall–Kier alpha value is -1.07. The van der Waals surface area contributed by atoms with Crippen molar-refractivity contribution in [3.8, 4) is 0 Å². The lowest BCUT2D eigenvalue weighted by molar-refractivity contribution is -0.118. The molecule has 1 N–H and O–H groups in total. The molecule has 0 fully saturated rings. The SMILES string of the molecule is O=C(Nc1nccs1)C1CSC2=C1CCC=C2. The molecule has 1 unspecified atom stereocenters. The summed E-state index contributed by atoms with van der Waals surface area (Å²) < 4.78 is 0. The van der Waals surface area contributed by atoms with Crippen molar-refractivity contribution >= 4 is 34.1 Å². The van der Waals surface area contributed by atoms with Crippen molar-refractivity contribution in [2.75, 3.05) is 11.1 Å². The average Bonchev–Trinajstić information content (AvgIpc) is 2.96. The second kappa shape index (κ2) is 4.66. The van der Waals surface area contributed by atoms with E-state index in [1.54, 1.807) is 18.0 Å². The van der Waals surface area contributed by atoms with Crippen LogP contribution in [0.2, 0.25) is 0 Å². The number of anilines is 1. The number of hydrogen-bond donors (Lipinski definition) is 1. The number of thiazole rings is 1. The molecule has 0 aromatic carbocycles. The smallest absolute Gasteiger partial charge is 0.234 e. The van der Waals surface area contributed by atoms with Crippen molar-refractivity contribution in [2.24, 2.45) is 5.92 Å². The van der Waals surface area contributed by atoms with E-state index in [1.807, 2.05) is 5.38 Å². The summed E-state index contributed by atoms with van der Waals surface area (Å²) in [6, 6.07) is 0. The van der Waals surface area contributed by atoms with Gasteiger partial charge in [0.1, 0.15) is 0 Å². The minimum atomic E-state index is 0.0313. The first kappa shape index (κ1) is 11.0. The largest absolute Gasteiger partial charge is 0.301 e. The Kier molecular flexibility index (Phi) is 3.03. The van der Waals surface area contributed by atoms with E-state index >= 15 is 0 Å². The molecule has 0 spiro atoms. The number of nitrogens with one attached hydrogen (secondary N) is 1. The fourth-order valence-electron chi connectivity index (χ4n) is 2.13. The van der Waals surface area contributed by atoms with Crippen LogP contribution in [0.4, 0.5) is 5.13 Å². The fraction of sp³-hybridized carbons (Fsp3) is 0.333. The Bertz CT molecular complexity index is 491. The van der Waals surface area contributed by atoms with E-state index in [4.69, 9.17) is 0 Å². The molecule has 1 aliphatic heterocycles. The van der Waals surface area contributed by atoms with Gasteiger partial charge in [-0.15, -0.1) is 23.1 Å². The van der Waals surface area contributed by atoms with Crippen molar-refractivity contribution in [1.29, 1.82) is 0 Å². The van der Waals surface area contributed by atoms with Gasteiger partial charge in [-0.05, 0) is 18.4 Å². The van der Waals surface area contributed by atoms with Crippen LogP contribution in [0.3, 0.4) is 0 Å². The molecule has 0 saturated carbocycles. The number of allylic oxidation sites excluding steroid dienone is 2. The van der Waals surface area contributed by atoms with Gasteiger partial charge in [0, 0.05) is 22.2 Å². The third kappa shape index (κ3) is 2.17. The molecule has 5 heteroatoms. The van der Waals surface area contributed by atoms with E-state index in [2.05, 4.69) is 22.5 Å². The number of carbonyl (C=O) groups is 1. The second-order valence-electron chi connectivity index (χ2n) is 4.02. The van der Waals surface area contributed by atoms with Gasteiger partial charge in [0.15, 0.2) is 5.13 Å². The standard InChI is InChI=1S/C12H12N2OS2/c15-11(14-12-13-5-6-16-12)9-7-17-10-4-2-1-3-8(9)10/h2,4-6,9H,1,3,7H2,(H,13,14,15). The summed E-state index contributed by atoms with van der Waals surface area (Å²) in [5, 5.41) is 5.46. The molecule has 2 heterocycles. The van der Waals surface area contributed by atoms with Gasteiger partial charge in [-0.2, -0.15) is 0 Å². The zero-order valence-corrected chi connectivity index (χ0v) is 10.8. The number of aromatic nitrogens is 1. The van der Waals surface area contributed by atoms with Gasteiger partial charge < -0.3 is 5.32 Å². The van der Waals surface area contributed by atoms with Crippen molar-refractivity contribution < 1.29 is 4.79 Å². The number of amides is 1. The molecule has 1 aliphatic carbocycles. The van der Waals surface area contributed by atoms with Gasteiger partial charge >= 0.3 is 0 Å². The van der Waals surface area contributed by atoms with Crippen LogP contribution in [0.5, 0.6) is 0 Å². The van der Waals surface area contributed by atoms with E-state index in [9.17, 15) is 4.79 Å². The van der Waals surface area contributed by atoms with E-state index in [0.717, 1.165) is 18.6 Å². The highest BCUT2D eigenvalue weighted by molar-refractivity contribution is 8.03. The Morgan fingerprint density at radius 3 is 3.29 bits per heavy atom. The highest BCUT2D eigenvalue weighted by Crippen LogP contribution is 2.41. The average molecular weight is 264 g/mol. The molecule has 1 aromatic rings. The molecule has 2 aliphatic rings. The first-order valence-corrected chi connectivity index (χ1v) is 7.44. The molecular weight excluding hydrogens is 252 g/mol. The Morgan fingerprint density at radius 2 is 2.47 bits per heavy atom. The van der Waals surface area contributed by atoms with Crippen molar-refractivity contribution in [3.63, 3.8) is 0 Å². The third-order valence-corrected chi connectivity index (χ3v) is 4.87. The lowest BCUT2D eigenvalue weighted by Crippen LogP contribution is -2.24. The Balaban J connectivity index is 1.75. The molecule has 1 atom stereocenters.